The normalized spacial score (nSPS) is 22.7. The van der Waals surface area contributed by atoms with Crippen LogP contribution in [0.2, 0.25) is 0 Å². The summed E-state index contributed by atoms with van der Waals surface area (Å²) in [6, 6.07) is 8.80. The number of allylic oxidation sites excluding steroid dienone is 5. The Bertz CT molecular complexity index is 846. The maximum absolute atomic E-state index is 4.72. The first kappa shape index (κ1) is 13.7. The van der Waals surface area contributed by atoms with Crippen LogP contribution in [0.3, 0.4) is 0 Å². The topological polar surface area (TPSA) is 12.4 Å². The summed E-state index contributed by atoms with van der Waals surface area (Å²) in [5.41, 5.74) is 11.4. The van der Waals surface area contributed by atoms with Gasteiger partial charge < -0.3 is 0 Å². The van der Waals surface area contributed by atoms with Crippen molar-refractivity contribution in [2.75, 3.05) is 0 Å². The fraction of sp³-hybridized carbons (Fsp3) is 0.250. The summed E-state index contributed by atoms with van der Waals surface area (Å²) in [6.45, 7) is 8.83. The van der Waals surface area contributed by atoms with Gasteiger partial charge in [-0.2, -0.15) is 0 Å². The maximum atomic E-state index is 4.72. The quantitative estimate of drug-likeness (QED) is 0.695. The lowest BCUT2D eigenvalue weighted by atomic mass is 10.0. The molecule has 0 saturated heterocycles. The van der Waals surface area contributed by atoms with E-state index < -0.39 is 0 Å². The van der Waals surface area contributed by atoms with E-state index in [1.807, 2.05) is 0 Å². The van der Waals surface area contributed by atoms with E-state index >= 15 is 0 Å². The van der Waals surface area contributed by atoms with Crippen LogP contribution >= 0.6 is 0 Å². The summed E-state index contributed by atoms with van der Waals surface area (Å²) >= 11 is 0. The summed E-state index contributed by atoms with van der Waals surface area (Å²) in [5.74, 6) is 0. The summed E-state index contributed by atoms with van der Waals surface area (Å²) in [5, 5.41) is 1.48. The third-order valence-electron chi connectivity index (χ3n) is 4.97. The molecule has 2 aliphatic carbocycles. The average Bonchev–Trinajstić information content (AvgIpc) is 3.07. The van der Waals surface area contributed by atoms with E-state index in [2.05, 4.69) is 64.1 Å². The van der Waals surface area contributed by atoms with E-state index in [-0.39, 0.29) is 0 Å². The fourth-order valence-electron chi connectivity index (χ4n) is 3.63. The van der Waals surface area contributed by atoms with Gasteiger partial charge in [0.05, 0.1) is 15.2 Å². The minimum Gasteiger partial charge on any atom is -0.253 e. The van der Waals surface area contributed by atoms with Crippen molar-refractivity contribution < 1.29 is 0 Å². The molecule has 1 aromatic carbocycles. The van der Waals surface area contributed by atoms with Gasteiger partial charge in [-0.15, -0.1) is 0 Å². The van der Waals surface area contributed by atoms with Crippen LogP contribution in [0, 0.1) is 0 Å². The smallest absolute Gasteiger partial charge is 0.0949 e. The van der Waals surface area contributed by atoms with Gasteiger partial charge in [-0.25, -0.2) is 0 Å². The number of fused-ring (bicyclic) bond motifs is 2. The van der Waals surface area contributed by atoms with E-state index in [0.717, 1.165) is 9.52 Å². The molecule has 108 valence electrons. The zero-order valence-corrected chi connectivity index (χ0v) is 14.5. The molecule has 0 saturated carbocycles. The molecule has 0 aromatic heterocycles. The van der Waals surface area contributed by atoms with Gasteiger partial charge in [-0.3, -0.25) is 4.99 Å². The molecule has 22 heavy (non-hydrogen) atoms. The van der Waals surface area contributed by atoms with Crippen LogP contribution in [-0.4, -0.2) is 15.2 Å². The highest BCUT2D eigenvalue weighted by Gasteiger charge is 2.30. The first-order valence-electron chi connectivity index (χ1n) is 7.80. The molecule has 1 nitrogen and oxygen atoms in total. The molecule has 1 heterocycles. The largest absolute Gasteiger partial charge is 0.253 e. The van der Waals surface area contributed by atoms with Crippen LogP contribution in [0.1, 0.15) is 44.4 Å². The van der Waals surface area contributed by atoms with Gasteiger partial charge in [-0.1, -0.05) is 41.1 Å². The molecule has 1 unspecified atom stereocenters. The van der Waals surface area contributed by atoms with Crippen molar-refractivity contribution in [3.63, 3.8) is 0 Å². The molecular weight excluding hydrogens is 282 g/mol. The molecule has 0 N–H and O–H groups in total. The van der Waals surface area contributed by atoms with Gasteiger partial charge in [0.15, 0.2) is 0 Å². The van der Waals surface area contributed by atoms with Crippen molar-refractivity contribution in [3.8, 4) is 0 Å². The highest BCUT2D eigenvalue weighted by molar-refractivity contribution is 6.50. The van der Waals surface area contributed by atoms with Gasteiger partial charge in [-0.05, 0) is 56.0 Å². The third kappa shape index (κ3) is 1.87. The van der Waals surface area contributed by atoms with Crippen LogP contribution in [0.15, 0.2) is 68.5 Å². The van der Waals surface area contributed by atoms with Crippen molar-refractivity contribution in [2.24, 2.45) is 4.99 Å². The highest BCUT2D eigenvalue weighted by Crippen LogP contribution is 2.42. The number of hydrogen-bond acceptors (Lipinski definition) is 1. The van der Waals surface area contributed by atoms with Gasteiger partial charge in [0.1, 0.15) is 0 Å². The number of nitrogens with zero attached hydrogens (tertiary/aromatic N) is 1. The lowest BCUT2D eigenvalue weighted by molar-refractivity contribution is 1.12. The molecule has 1 atom stereocenters. The Balaban J connectivity index is 1.70. The Hall–Kier alpha value is -1.93. The first-order valence-corrected chi connectivity index (χ1v) is 8.87. The summed E-state index contributed by atoms with van der Waals surface area (Å²) in [4.78, 5) is 4.72. The van der Waals surface area contributed by atoms with E-state index in [1.54, 1.807) is 0 Å². The number of aliphatic imine (C=N–C) groups is 1. The zero-order valence-electron chi connectivity index (χ0n) is 13.5. The second-order valence-corrected chi connectivity index (χ2v) is 7.76. The minimum absolute atomic E-state index is 0.544. The maximum Gasteiger partial charge on any atom is 0.0949 e. The molecule has 0 amide bonds. The Morgan fingerprint density at radius 1 is 0.955 bits per heavy atom. The molecule has 3 aliphatic rings. The lowest BCUT2D eigenvalue weighted by Gasteiger charge is -2.14. The van der Waals surface area contributed by atoms with Crippen LogP contribution < -0.4 is 0 Å². The van der Waals surface area contributed by atoms with Crippen LogP contribution in [0.25, 0.3) is 6.08 Å². The highest BCUT2D eigenvalue weighted by atomic mass is 28.2. The summed E-state index contributed by atoms with van der Waals surface area (Å²) in [7, 11) is 0.789. The number of benzene rings is 1. The molecule has 1 aliphatic heterocycles. The molecule has 4 rings (SSSR count). The van der Waals surface area contributed by atoms with Crippen LogP contribution in [-0.2, 0) is 0 Å². The van der Waals surface area contributed by atoms with Gasteiger partial charge >= 0.3 is 0 Å². The Labute approximate surface area is 134 Å². The van der Waals surface area contributed by atoms with Crippen molar-refractivity contribution in [2.45, 2.75) is 33.2 Å². The molecule has 0 bridgehead atoms. The van der Waals surface area contributed by atoms with Crippen molar-refractivity contribution in [1.29, 1.82) is 0 Å². The van der Waals surface area contributed by atoms with Crippen LogP contribution in [0.5, 0.6) is 0 Å². The number of rotatable bonds is 2. The third-order valence-corrected chi connectivity index (χ3v) is 6.85. The van der Waals surface area contributed by atoms with E-state index in [0.29, 0.717) is 5.54 Å². The molecule has 0 spiro atoms. The zero-order chi connectivity index (χ0) is 15.4. The molecule has 2 heteroatoms. The van der Waals surface area contributed by atoms with Crippen molar-refractivity contribution >= 4 is 21.3 Å². The first-order chi connectivity index (χ1) is 10.6. The Morgan fingerprint density at radius 2 is 1.73 bits per heavy atom. The van der Waals surface area contributed by atoms with Gasteiger partial charge in [0.2, 0.25) is 0 Å². The molecular formula is C20H19NSi. The Kier molecular flexibility index (Phi) is 2.98. The molecule has 1 aromatic rings. The lowest BCUT2D eigenvalue weighted by Crippen LogP contribution is -2.10. The van der Waals surface area contributed by atoms with Crippen LogP contribution in [0.4, 0.5) is 0 Å². The predicted molar refractivity (Wildman–Crippen MR) is 95.2 cm³/mol. The van der Waals surface area contributed by atoms with Crippen molar-refractivity contribution in [1.82, 2.24) is 0 Å². The fourth-order valence-corrected chi connectivity index (χ4v) is 5.23. The van der Waals surface area contributed by atoms with Crippen molar-refractivity contribution in [3.05, 3.63) is 74.7 Å². The second-order valence-electron chi connectivity index (χ2n) is 6.36. The second kappa shape index (κ2) is 4.78. The van der Waals surface area contributed by atoms with E-state index in [1.165, 1.54) is 50.0 Å². The minimum atomic E-state index is 0.544. The Morgan fingerprint density at radius 3 is 2.50 bits per heavy atom. The van der Waals surface area contributed by atoms with Gasteiger partial charge in [0.25, 0.3) is 0 Å². The van der Waals surface area contributed by atoms with E-state index in [9.17, 15) is 0 Å². The summed E-state index contributed by atoms with van der Waals surface area (Å²) in [6.07, 6.45) is 4.66. The standard InChI is InChI=1S/C20H19NSi/c1-11-9-15-7-5-6-8-16(15)20(11)22-18-10-17-19(13(18)3)12(2)14(4)21-17/h5-10,20H,1-4H3. The average molecular weight is 301 g/mol. The monoisotopic (exact) mass is 301 g/mol. The molecule has 2 radical (unpaired) electrons. The number of hydrogen-bond donors (Lipinski definition) is 0. The summed E-state index contributed by atoms with van der Waals surface area (Å²) < 4.78 is 0. The SMILES string of the molecule is CC1=Cc2ccccc2C1[Si]C1=C(C)C2=C(C)C(C)=NC2=C1. The van der Waals surface area contributed by atoms with E-state index in [4.69, 9.17) is 4.99 Å². The predicted octanol–water partition coefficient (Wildman–Crippen LogP) is 4.81. The van der Waals surface area contributed by atoms with Gasteiger partial charge in [0, 0.05) is 16.8 Å². The molecule has 0 fully saturated rings.